The zero-order valence-corrected chi connectivity index (χ0v) is 15.3. The number of fused-ring (bicyclic) bond motifs is 2. The summed E-state index contributed by atoms with van der Waals surface area (Å²) in [6, 6.07) is 12.9. The zero-order valence-electron chi connectivity index (χ0n) is 15.3. The molecule has 0 N–H and O–H groups in total. The van der Waals surface area contributed by atoms with Gasteiger partial charge in [-0.2, -0.15) is 5.01 Å². The molecule has 2 heterocycles. The molecule has 1 aliphatic heterocycles. The Hall–Kier alpha value is -3.75. The lowest BCUT2D eigenvalue weighted by atomic mass is 10.1. The van der Waals surface area contributed by atoms with Crippen LogP contribution < -0.4 is 4.84 Å². The summed E-state index contributed by atoms with van der Waals surface area (Å²) < 4.78 is 0. The predicted octanol–water partition coefficient (Wildman–Crippen LogP) is 2.29. The van der Waals surface area contributed by atoms with Crippen molar-refractivity contribution in [2.24, 2.45) is 0 Å². The van der Waals surface area contributed by atoms with E-state index >= 15 is 0 Å². The second kappa shape index (κ2) is 6.76. The van der Waals surface area contributed by atoms with Crippen LogP contribution in [0.5, 0.6) is 0 Å². The molecule has 9 nitrogen and oxygen atoms in total. The van der Waals surface area contributed by atoms with Crippen molar-refractivity contribution in [2.45, 2.75) is 26.3 Å². The van der Waals surface area contributed by atoms with Crippen LogP contribution in [0.15, 0.2) is 48.5 Å². The lowest BCUT2D eigenvalue weighted by Gasteiger charge is -2.32. The number of aromatic nitrogens is 3. The van der Waals surface area contributed by atoms with Gasteiger partial charge in [0.2, 0.25) is 0 Å². The average Bonchev–Trinajstić information content (AvgIpc) is 3.23. The first kappa shape index (κ1) is 17.7. The molecule has 3 aromatic rings. The fourth-order valence-corrected chi connectivity index (χ4v) is 3.03. The van der Waals surface area contributed by atoms with Crippen LogP contribution in [0.4, 0.5) is 4.79 Å². The second-order valence-corrected chi connectivity index (χ2v) is 6.38. The molecule has 1 atom stereocenters. The molecular formula is C19H17N5O4. The van der Waals surface area contributed by atoms with Crippen LogP contribution in [0.25, 0.3) is 11.0 Å². The van der Waals surface area contributed by atoms with E-state index in [1.165, 1.54) is 0 Å². The van der Waals surface area contributed by atoms with Crippen molar-refractivity contribution in [1.82, 2.24) is 25.2 Å². The van der Waals surface area contributed by atoms with Gasteiger partial charge in [0.25, 0.3) is 11.8 Å². The Morgan fingerprint density at radius 3 is 2.32 bits per heavy atom. The van der Waals surface area contributed by atoms with Crippen LogP contribution >= 0.6 is 0 Å². The predicted molar refractivity (Wildman–Crippen MR) is 98.0 cm³/mol. The van der Waals surface area contributed by atoms with Gasteiger partial charge in [0.15, 0.2) is 0 Å². The molecule has 0 saturated carbocycles. The smallest absolute Gasteiger partial charge is 0.296 e. The molecule has 9 heteroatoms. The third-order valence-corrected chi connectivity index (χ3v) is 4.67. The number of rotatable bonds is 4. The molecule has 1 aromatic heterocycles. The van der Waals surface area contributed by atoms with E-state index in [1.54, 1.807) is 55.5 Å². The van der Waals surface area contributed by atoms with E-state index in [0.717, 1.165) is 14.9 Å². The number of nitrogens with zero attached hydrogens (tertiary/aromatic N) is 5. The minimum absolute atomic E-state index is 0.250. The maximum atomic E-state index is 13.0. The molecule has 0 saturated heterocycles. The Kier molecular flexibility index (Phi) is 4.26. The third kappa shape index (κ3) is 2.68. The van der Waals surface area contributed by atoms with Crippen molar-refractivity contribution in [3.05, 3.63) is 59.7 Å². The van der Waals surface area contributed by atoms with Gasteiger partial charge in [0.1, 0.15) is 11.0 Å². The Morgan fingerprint density at radius 2 is 1.68 bits per heavy atom. The Balaban J connectivity index is 1.68. The van der Waals surface area contributed by atoms with Gasteiger partial charge in [-0.05, 0) is 42.8 Å². The minimum atomic E-state index is -0.903. The summed E-state index contributed by atoms with van der Waals surface area (Å²) in [6.45, 7) is 3.57. The van der Waals surface area contributed by atoms with Gasteiger partial charge in [0.05, 0.1) is 17.2 Å². The van der Waals surface area contributed by atoms with Gasteiger partial charge in [-0.25, -0.2) is 9.80 Å². The van der Waals surface area contributed by atoms with Crippen molar-refractivity contribution in [1.29, 1.82) is 0 Å². The summed E-state index contributed by atoms with van der Waals surface area (Å²) in [5.74, 6) is -1.14. The Morgan fingerprint density at radius 1 is 1.07 bits per heavy atom. The van der Waals surface area contributed by atoms with E-state index in [0.29, 0.717) is 17.5 Å². The molecule has 1 unspecified atom stereocenters. The normalized spacial score (nSPS) is 14.3. The van der Waals surface area contributed by atoms with Crippen molar-refractivity contribution in [3.8, 4) is 0 Å². The second-order valence-electron chi connectivity index (χ2n) is 6.38. The lowest BCUT2D eigenvalue weighted by molar-refractivity contribution is -0.0228. The standard InChI is InChI=1S/C19H17N5O4/c1-3-12(2)22(23-17(25)13-8-4-5-9-14(13)18(23)26)19(27)28-24-16-11-7-6-10-15(16)20-21-24/h4-12H,3H2,1-2H3. The van der Waals surface area contributed by atoms with Gasteiger partial charge in [-0.1, -0.05) is 36.0 Å². The number of amides is 3. The summed E-state index contributed by atoms with van der Waals surface area (Å²) in [5.41, 5.74) is 1.54. The van der Waals surface area contributed by atoms with Crippen LogP contribution in [-0.2, 0) is 0 Å². The molecule has 0 radical (unpaired) electrons. The molecule has 0 spiro atoms. The number of hydrogen-bond acceptors (Lipinski definition) is 6. The molecule has 2 aromatic carbocycles. The number of carbonyl (C=O) groups excluding carboxylic acids is 3. The molecule has 142 valence electrons. The highest BCUT2D eigenvalue weighted by Crippen LogP contribution is 2.26. The molecule has 0 bridgehead atoms. The number of para-hydroxylation sites is 1. The summed E-state index contributed by atoms with van der Waals surface area (Å²) in [4.78, 5) is 44.9. The molecule has 1 aliphatic rings. The van der Waals surface area contributed by atoms with E-state index in [2.05, 4.69) is 10.3 Å². The van der Waals surface area contributed by atoms with Crippen LogP contribution in [-0.4, -0.2) is 49.1 Å². The monoisotopic (exact) mass is 379 g/mol. The average molecular weight is 379 g/mol. The van der Waals surface area contributed by atoms with Crippen LogP contribution in [0.2, 0.25) is 0 Å². The largest absolute Gasteiger partial charge is 0.455 e. The first-order valence-electron chi connectivity index (χ1n) is 8.82. The summed E-state index contributed by atoms with van der Waals surface area (Å²) in [5, 5.41) is 9.60. The van der Waals surface area contributed by atoms with Gasteiger partial charge >= 0.3 is 6.09 Å². The SMILES string of the molecule is CCC(C)N(C(=O)On1nnc2ccccc21)N1C(=O)c2ccccc2C1=O. The molecule has 28 heavy (non-hydrogen) atoms. The number of carbonyl (C=O) groups is 3. The van der Waals surface area contributed by atoms with E-state index in [9.17, 15) is 14.4 Å². The first-order chi connectivity index (χ1) is 13.5. The Bertz CT molecular complexity index is 1060. The molecule has 4 rings (SSSR count). The van der Waals surface area contributed by atoms with E-state index in [4.69, 9.17) is 4.84 Å². The van der Waals surface area contributed by atoms with Crippen LogP contribution in [0, 0.1) is 0 Å². The molecule has 3 amide bonds. The summed E-state index contributed by atoms with van der Waals surface area (Å²) in [6.07, 6.45) is -0.403. The number of hydrogen-bond donors (Lipinski definition) is 0. The van der Waals surface area contributed by atoms with Crippen molar-refractivity contribution in [3.63, 3.8) is 0 Å². The molecular weight excluding hydrogens is 362 g/mol. The van der Waals surface area contributed by atoms with Gasteiger partial charge < -0.3 is 0 Å². The van der Waals surface area contributed by atoms with E-state index in [-0.39, 0.29) is 11.1 Å². The van der Waals surface area contributed by atoms with Crippen LogP contribution in [0.3, 0.4) is 0 Å². The fourth-order valence-electron chi connectivity index (χ4n) is 3.03. The minimum Gasteiger partial charge on any atom is -0.296 e. The number of hydrazine groups is 1. The number of benzene rings is 2. The number of imide groups is 1. The van der Waals surface area contributed by atoms with Gasteiger partial charge in [-0.3, -0.25) is 14.4 Å². The maximum absolute atomic E-state index is 13.0. The lowest BCUT2D eigenvalue weighted by Crippen LogP contribution is -2.55. The van der Waals surface area contributed by atoms with Crippen molar-refractivity contribution in [2.75, 3.05) is 0 Å². The molecule has 0 fully saturated rings. The topological polar surface area (TPSA) is 97.6 Å². The first-order valence-corrected chi connectivity index (χ1v) is 8.82. The quantitative estimate of drug-likeness (QED) is 0.510. The highest BCUT2D eigenvalue weighted by Gasteiger charge is 2.43. The zero-order chi connectivity index (χ0) is 19.8. The highest BCUT2D eigenvalue weighted by atomic mass is 16.7. The van der Waals surface area contributed by atoms with Crippen LogP contribution in [0.1, 0.15) is 41.0 Å². The van der Waals surface area contributed by atoms with Gasteiger partial charge in [0, 0.05) is 0 Å². The highest BCUT2D eigenvalue weighted by molar-refractivity contribution is 6.21. The summed E-state index contributed by atoms with van der Waals surface area (Å²) >= 11 is 0. The van der Waals surface area contributed by atoms with Gasteiger partial charge in [-0.15, -0.1) is 5.10 Å². The third-order valence-electron chi connectivity index (χ3n) is 4.67. The molecule has 0 aliphatic carbocycles. The maximum Gasteiger partial charge on any atom is 0.455 e. The fraction of sp³-hybridized carbons (Fsp3) is 0.211. The summed E-state index contributed by atoms with van der Waals surface area (Å²) in [7, 11) is 0. The van der Waals surface area contributed by atoms with Crippen molar-refractivity contribution >= 4 is 28.9 Å². The van der Waals surface area contributed by atoms with Crippen molar-refractivity contribution < 1.29 is 19.2 Å². The van der Waals surface area contributed by atoms with E-state index in [1.807, 2.05) is 6.92 Å². The van der Waals surface area contributed by atoms with E-state index < -0.39 is 23.9 Å². The Labute approximate surface area is 160 Å².